The smallest absolute Gasteiger partial charge is 0.264 e. The number of amides is 1. The van der Waals surface area contributed by atoms with E-state index in [1.807, 2.05) is 36.4 Å². The molecule has 3 aromatic carbocycles. The van der Waals surface area contributed by atoms with Crippen molar-refractivity contribution >= 4 is 17.4 Å². The lowest BCUT2D eigenvalue weighted by molar-refractivity contribution is -0.135. The number of rotatable bonds is 8. The molecule has 0 aromatic heterocycles. The zero-order chi connectivity index (χ0) is 22.7. The molecule has 1 unspecified atom stereocenters. The van der Waals surface area contributed by atoms with E-state index in [0.717, 1.165) is 5.56 Å². The van der Waals surface area contributed by atoms with Crippen LogP contribution in [0.2, 0.25) is 0 Å². The first kappa shape index (κ1) is 21.6. The maximum atomic E-state index is 13.4. The molecule has 0 fully saturated rings. The third kappa shape index (κ3) is 3.85. The van der Waals surface area contributed by atoms with E-state index in [1.165, 1.54) is 14.2 Å². The van der Waals surface area contributed by atoms with E-state index in [9.17, 15) is 14.7 Å². The summed E-state index contributed by atoms with van der Waals surface area (Å²) in [6.45, 7) is 0.402. The Bertz CT molecular complexity index is 1140. The zero-order valence-corrected chi connectivity index (χ0v) is 18.1. The van der Waals surface area contributed by atoms with Crippen LogP contribution in [0.3, 0.4) is 0 Å². The third-order valence-electron chi connectivity index (χ3n) is 5.83. The fourth-order valence-electron chi connectivity index (χ4n) is 4.14. The van der Waals surface area contributed by atoms with Gasteiger partial charge in [0.25, 0.3) is 5.91 Å². The van der Waals surface area contributed by atoms with Crippen LogP contribution in [0, 0.1) is 0 Å². The number of nitrogens with zero attached hydrogens (tertiary/aromatic N) is 1. The Balaban J connectivity index is 1.64. The molecule has 6 nitrogen and oxygen atoms in total. The first-order chi connectivity index (χ1) is 15.5. The van der Waals surface area contributed by atoms with E-state index in [2.05, 4.69) is 0 Å². The molecule has 3 aromatic rings. The van der Waals surface area contributed by atoms with Crippen LogP contribution in [0.5, 0.6) is 11.5 Å². The fraction of sp³-hybridized carbons (Fsp3) is 0.231. The van der Waals surface area contributed by atoms with Crippen LogP contribution >= 0.6 is 0 Å². The lowest BCUT2D eigenvalue weighted by Crippen LogP contribution is -2.42. The molecule has 1 amide bonds. The molecule has 0 bridgehead atoms. The minimum Gasteiger partial charge on any atom is -0.497 e. The normalized spacial score (nSPS) is 17.2. The van der Waals surface area contributed by atoms with Crippen LogP contribution in [0.4, 0.5) is 5.69 Å². The van der Waals surface area contributed by atoms with Crippen molar-refractivity contribution in [3.63, 3.8) is 0 Å². The van der Waals surface area contributed by atoms with Crippen molar-refractivity contribution in [3.05, 3.63) is 89.5 Å². The van der Waals surface area contributed by atoms with E-state index in [0.29, 0.717) is 35.7 Å². The second kappa shape index (κ2) is 8.85. The number of ketones is 1. The largest absolute Gasteiger partial charge is 0.497 e. The van der Waals surface area contributed by atoms with Crippen LogP contribution in [0.1, 0.15) is 27.9 Å². The number of methoxy groups -OCH3 is 2. The summed E-state index contributed by atoms with van der Waals surface area (Å²) in [5.74, 6) is -0.0519. The summed E-state index contributed by atoms with van der Waals surface area (Å²) in [6.07, 6.45) is 0.239. The highest BCUT2D eigenvalue weighted by Gasteiger charge is 2.50. The van der Waals surface area contributed by atoms with Crippen molar-refractivity contribution in [1.29, 1.82) is 0 Å². The Morgan fingerprint density at radius 2 is 1.69 bits per heavy atom. The van der Waals surface area contributed by atoms with Crippen LogP contribution in [-0.4, -0.2) is 37.6 Å². The summed E-state index contributed by atoms with van der Waals surface area (Å²) < 4.78 is 10.5. The Kier molecular flexibility index (Phi) is 5.97. The van der Waals surface area contributed by atoms with Crippen molar-refractivity contribution in [3.8, 4) is 11.5 Å². The number of carbonyl (C=O) groups is 2. The highest BCUT2D eigenvalue weighted by atomic mass is 16.5. The van der Waals surface area contributed by atoms with E-state index < -0.39 is 23.7 Å². The molecule has 164 valence electrons. The Hall–Kier alpha value is -3.64. The van der Waals surface area contributed by atoms with Gasteiger partial charge in [-0.25, -0.2) is 0 Å². The van der Waals surface area contributed by atoms with Crippen LogP contribution in [0.15, 0.2) is 72.8 Å². The number of hydrogen-bond acceptors (Lipinski definition) is 5. The predicted molar refractivity (Wildman–Crippen MR) is 121 cm³/mol. The average Bonchev–Trinajstić information content (AvgIpc) is 3.04. The summed E-state index contributed by atoms with van der Waals surface area (Å²) in [4.78, 5) is 28.2. The number of ether oxygens (including phenoxy) is 2. The fourth-order valence-corrected chi connectivity index (χ4v) is 4.14. The zero-order valence-electron chi connectivity index (χ0n) is 18.1. The van der Waals surface area contributed by atoms with Gasteiger partial charge in [-0.1, -0.05) is 48.5 Å². The van der Waals surface area contributed by atoms with Crippen molar-refractivity contribution in [2.24, 2.45) is 0 Å². The predicted octanol–water partition coefficient (Wildman–Crippen LogP) is 3.75. The molecule has 1 N–H and O–H groups in total. The van der Waals surface area contributed by atoms with Crippen molar-refractivity contribution in [1.82, 2.24) is 0 Å². The van der Waals surface area contributed by atoms with Crippen LogP contribution < -0.4 is 14.4 Å². The van der Waals surface area contributed by atoms with Gasteiger partial charge in [-0.3, -0.25) is 9.59 Å². The first-order valence-electron chi connectivity index (χ1n) is 10.4. The van der Waals surface area contributed by atoms with Crippen molar-refractivity contribution in [2.75, 3.05) is 25.7 Å². The average molecular weight is 431 g/mol. The van der Waals surface area contributed by atoms with Gasteiger partial charge >= 0.3 is 0 Å². The molecule has 32 heavy (non-hydrogen) atoms. The molecule has 6 heteroatoms. The Morgan fingerprint density at radius 1 is 0.969 bits per heavy atom. The molecule has 4 rings (SSSR count). The van der Waals surface area contributed by atoms with Crippen molar-refractivity contribution in [2.45, 2.75) is 18.4 Å². The molecular formula is C26H25NO5. The summed E-state index contributed by atoms with van der Waals surface area (Å²) in [6, 6.07) is 21.8. The monoisotopic (exact) mass is 431 g/mol. The molecule has 1 aliphatic heterocycles. The number of para-hydroxylation sites is 1. The topological polar surface area (TPSA) is 76.1 Å². The summed E-state index contributed by atoms with van der Waals surface area (Å²) >= 11 is 0. The lowest BCUT2D eigenvalue weighted by atomic mass is 9.88. The molecule has 0 radical (unpaired) electrons. The second-order valence-corrected chi connectivity index (χ2v) is 7.74. The van der Waals surface area contributed by atoms with E-state index in [1.54, 1.807) is 41.3 Å². The number of aliphatic hydroxyl groups is 1. The molecular weight excluding hydrogens is 406 g/mol. The molecule has 1 atom stereocenters. The molecule has 0 saturated heterocycles. The molecule has 0 saturated carbocycles. The number of anilines is 1. The van der Waals surface area contributed by atoms with E-state index in [-0.39, 0.29) is 5.56 Å². The summed E-state index contributed by atoms with van der Waals surface area (Å²) in [5, 5.41) is 11.5. The minimum absolute atomic E-state index is 0.258. The Morgan fingerprint density at radius 3 is 2.41 bits per heavy atom. The maximum absolute atomic E-state index is 13.4. The highest BCUT2D eigenvalue weighted by molar-refractivity contribution is 6.11. The Labute approximate surface area is 187 Å². The van der Waals surface area contributed by atoms with Crippen LogP contribution in [-0.2, 0) is 16.8 Å². The second-order valence-electron chi connectivity index (χ2n) is 7.74. The van der Waals surface area contributed by atoms with Crippen LogP contribution in [0.25, 0.3) is 0 Å². The summed E-state index contributed by atoms with van der Waals surface area (Å²) in [5.41, 5.74) is 0.465. The van der Waals surface area contributed by atoms with Gasteiger partial charge in [0.1, 0.15) is 11.5 Å². The standard InChI is InChI=1S/C26H25NO5/c1-31-19-12-13-24(32-2)20(16-19)23(28)17-26(30)21-10-6-7-11-22(21)27(25(26)29)15-14-18-8-4-3-5-9-18/h3-13,16,30H,14-15,17H2,1-2H3. The highest BCUT2D eigenvalue weighted by Crippen LogP contribution is 2.43. The molecule has 0 aliphatic carbocycles. The maximum Gasteiger partial charge on any atom is 0.264 e. The quantitative estimate of drug-likeness (QED) is 0.550. The van der Waals surface area contributed by atoms with Gasteiger partial charge in [0.15, 0.2) is 11.4 Å². The summed E-state index contributed by atoms with van der Waals surface area (Å²) in [7, 11) is 2.97. The van der Waals surface area contributed by atoms with E-state index >= 15 is 0 Å². The molecule has 1 aliphatic rings. The molecule has 1 heterocycles. The third-order valence-corrected chi connectivity index (χ3v) is 5.83. The lowest BCUT2D eigenvalue weighted by Gasteiger charge is -2.23. The number of hydrogen-bond donors (Lipinski definition) is 1. The number of benzene rings is 3. The number of carbonyl (C=O) groups excluding carboxylic acids is 2. The minimum atomic E-state index is -1.95. The van der Waals surface area contributed by atoms with E-state index in [4.69, 9.17) is 9.47 Å². The number of Topliss-reactive ketones (excluding diaryl/α,β-unsaturated/α-hetero) is 1. The van der Waals surface area contributed by atoms with Gasteiger partial charge in [0.2, 0.25) is 0 Å². The van der Waals surface area contributed by atoms with Gasteiger partial charge in [0, 0.05) is 12.1 Å². The van der Waals surface area contributed by atoms with Gasteiger partial charge < -0.3 is 19.5 Å². The molecule has 0 spiro atoms. The number of fused-ring (bicyclic) bond motifs is 1. The van der Waals surface area contributed by atoms with Gasteiger partial charge in [-0.2, -0.15) is 0 Å². The SMILES string of the molecule is COc1ccc(OC)c(C(=O)CC2(O)C(=O)N(CCc3ccccc3)c3ccccc32)c1. The van der Waals surface area contributed by atoms with Crippen molar-refractivity contribution < 1.29 is 24.2 Å². The van der Waals surface area contributed by atoms with Gasteiger partial charge in [-0.05, 0) is 36.2 Å². The first-order valence-corrected chi connectivity index (χ1v) is 10.4. The van der Waals surface area contributed by atoms with Gasteiger partial charge in [-0.15, -0.1) is 0 Å². The van der Waals surface area contributed by atoms with Gasteiger partial charge in [0.05, 0.1) is 31.9 Å².